The smallest absolute Gasteiger partial charge is 0.244 e. The Bertz CT molecular complexity index is 637. The molecule has 0 aromatic heterocycles. The Morgan fingerprint density at radius 2 is 2.04 bits per heavy atom. The van der Waals surface area contributed by atoms with Crippen LogP contribution in [0.1, 0.15) is 36.7 Å². The molecule has 1 aliphatic heterocycles. The molecular weight excluding hydrogens is 324 g/mol. The predicted octanol–water partition coefficient (Wildman–Crippen LogP) is -0.186. The van der Waals surface area contributed by atoms with Gasteiger partial charge in [-0.3, -0.25) is 19.3 Å². The summed E-state index contributed by atoms with van der Waals surface area (Å²) in [4.78, 5) is 36.1. The van der Waals surface area contributed by atoms with Gasteiger partial charge in [-0.15, -0.1) is 0 Å². The third-order valence-electron chi connectivity index (χ3n) is 4.09. The zero-order valence-electron chi connectivity index (χ0n) is 14.4. The molecule has 0 saturated heterocycles. The van der Waals surface area contributed by atoms with E-state index < -0.39 is 18.2 Å². The second-order valence-corrected chi connectivity index (χ2v) is 6.00. The highest BCUT2D eigenvalue weighted by Gasteiger charge is 2.41. The Morgan fingerprint density at radius 1 is 1.36 bits per heavy atom. The number of fused-ring (bicyclic) bond motifs is 1. The van der Waals surface area contributed by atoms with Crippen molar-refractivity contribution in [3.05, 3.63) is 35.4 Å². The van der Waals surface area contributed by atoms with Gasteiger partial charge in [0, 0.05) is 11.6 Å². The molecule has 1 heterocycles. The van der Waals surface area contributed by atoms with E-state index >= 15 is 0 Å². The van der Waals surface area contributed by atoms with Gasteiger partial charge in [0.25, 0.3) is 0 Å². The van der Waals surface area contributed by atoms with Crippen molar-refractivity contribution in [3.8, 4) is 0 Å². The summed E-state index contributed by atoms with van der Waals surface area (Å²) < 4.78 is 5.85. The third-order valence-corrected chi connectivity index (χ3v) is 4.09. The second-order valence-electron chi connectivity index (χ2n) is 6.00. The molecule has 0 fully saturated rings. The van der Waals surface area contributed by atoms with Gasteiger partial charge in [0.05, 0.1) is 13.2 Å². The van der Waals surface area contributed by atoms with Gasteiger partial charge in [0.15, 0.2) is 6.23 Å². The fourth-order valence-electron chi connectivity index (χ4n) is 2.95. The van der Waals surface area contributed by atoms with E-state index in [4.69, 9.17) is 10.5 Å². The van der Waals surface area contributed by atoms with Gasteiger partial charge >= 0.3 is 0 Å². The number of amides is 3. The molecule has 3 amide bonds. The summed E-state index contributed by atoms with van der Waals surface area (Å²) in [6, 6.07) is 6.30. The number of benzene rings is 1. The Balaban J connectivity index is 2.00. The third kappa shape index (κ3) is 4.34. The van der Waals surface area contributed by atoms with E-state index in [-0.39, 0.29) is 18.5 Å². The maximum atomic E-state index is 11.8. The molecule has 0 saturated carbocycles. The van der Waals surface area contributed by atoms with Crippen molar-refractivity contribution in [2.24, 2.45) is 5.73 Å². The standard InChI is InChI=1S/C17H24N4O4/c1-11(20-14(23)9-19-2)7-8-25-17-13-6-4-3-5-12(13)15(16(18)24)21(17)10-22/h3-6,10-11,15,17,19H,7-9H2,1-2H3,(H2,18,24)(H,20,23). The van der Waals surface area contributed by atoms with Gasteiger partial charge < -0.3 is 21.1 Å². The van der Waals surface area contributed by atoms with Crippen LogP contribution in [-0.4, -0.2) is 49.4 Å². The maximum Gasteiger partial charge on any atom is 0.244 e. The number of rotatable bonds is 9. The van der Waals surface area contributed by atoms with Gasteiger partial charge in [0.2, 0.25) is 18.2 Å². The van der Waals surface area contributed by atoms with Gasteiger partial charge in [0.1, 0.15) is 6.04 Å². The molecule has 3 atom stereocenters. The van der Waals surface area contributed by atoms with E-state index in [1.54, 1.807) is 19.2 Å². The van der Waals surface area contributed by atoms with Crippen molar-refractivity contribution in [2.75, 3.05) is 20.2 Å². The molecule has 0 spiro atoms. The zero-order chi connectivity index (χ0) is 18.4. The van der Waals surface area contributed by atoms with Crippen molar-refractivity contribution in [1.82, 2.24) is 15.5 Å². The molecule has 1 aliphatic rings. The summed E-state index contributed by atoms with van der Waals surface area (Å²) in [5.41, 5.74) is 6.89. The van der Waals surface area contributed by atoms with Crippen LogP contribution in [0.5, 0.6) is 0 Å². The number of nitrogens with two attached hydrogens (primary N) is 1. The predicted molar refractivity (Wildman–Crippen MR) is 91.1 cm³/mol. The first-order valence-corrected chi connectivity index (χ1v) is 8.16. The fourth-order valence-corrected chi connectivity index (χ4v) is 2.95. The lowest BCUT2D eigenvalue weighted by atomic mass is 10.0. The molecule has 2 rings (SSSR count). The molecule has 0 bridgehead atoms. The fraction of sp³-hybridized carbons (Fsp3) is 0.471. The molecule has 25 heavy (non-hydrogen) atoms. The summed E-state index contributed by atoms with van der Waals surface area (Å²) in [6.45, 7) is 2.44. The SMILES string of the molecule is CNCC(=O)NC(C)CCOC1c2ccccc2C(C(N)=O)N1C=O. The second kappa shape index (κ2) is 8.59. The van der Waals surface area contributed by atoms with Crippen LogP contribution in [-0.2, 0) is 19.1 Å². The largest absolute Gasteiger partial charge is 0.368 e. The van der Waals surface area contributed by atoms with Crippen molar-refractivity contribution in [2.45, 2.75) is 31.7 Å². The van der Waals surface area contributed by atoms with Crippen LogP contribution in [0, 0.1) is 0 Å². The zero-order valence-corrected chi connectivity index (χ0v) is 14.4. The average molecular weight is 348 g/mol. The molecule has 136 valence electrons. The molecule has 4 N–H and O–H groups in total. The highest BCUT2D eigenvalue weighted by molar-refractivity contribution is 5.85. The monoisotopic (exact) mass is 348 g/mol. The Kier molecular flexibility index (Phi) is 6.49. The van der Waals surface area contributed by atoms with Crippen molar-refractivity contribution in [3.63, 3.8) is 0 Å². The van der Waals surface area contributed by atoms with Crippen molar-refractivity contribution in [1.29, 1.82) is 0 Å². The minimum Gasteiger partial charge on any atom is -0.368 e. The molecule has 0 radical (unpaired) electrons. The number of ether oxygens (including phenoxy) is 1. The number of nitrogens with zero attached hydrogens (tertiary/aromatic N) is 1. The Labute approximate surface area is 146 Å². The lowest BCUT2D eigenvalue weighted by molar-refractivity contribution is -0.144. The van der Waals surface area contributed by atoms with Gasteiger partial charge in [-0.05, 0) is 26.0 Å². The number of hydrogen-bond acceptors (Lipinski definition) is 5. The summed E-state index contributed by atoms with van der Waals surface area (Å²) in [5.74, 6) is -0.692. The Morgan fingerprint density at radius 3 is 2.64 bits per heavy atom. The van der Waals surface area contributed by atoms with Gasteiger partial charge in [-0.2, -0.15) is 0 Å². The quantitative estimate of drug-likeness (QED) is 0.536. The van der Waals surface area contributed by atoms with Crippen LogP contribution in [0.2, 0.25) is 0 Å². The minimum atomic E-state index is -0.827. The molecule has 0 aliphatic carbocycles. The number of hydrogen-bond donors (Lipinski definition) is 3. The molecule has 8 heteroatoms. The highest BCUT2D eigenvalue weighted by atomic mass is 16.5. The number of nitrogens with one attached hydrogen (secondary N) is 2. The Hall–Kier alpha value is -2.45. The molecule has 3 unspecified atom stereocenters. The van der Waals surface area contributed by atoms with E-state index in [0.717, 1.165) is 5.56 Å². The molecular formula is C17H24N4O4. The lowest BCUT2D eigenvalue weighted by Crippen LogP contribution is -2.39. The van der Waals surface area contributed by atoms with Crippen LogP contribution >= 0.6 is 0 Å². The van der Waals surface area contributed by atoms with E-state index in [2.05, 4.69) is 10.6 Å². The van der Waals surface area contributed by atoms with Crippen LogP contribution in [0.4, 0.5) is 0 Å². The molecule has 8 nitrogen and oxygen atoms in total. The van der Waals surface area contributed by atoms with Crippen LogP contribution in [0.25, 0.3) is 0 Å². The van der Waals surface area contributed by atoms with Crippen LogP contribution < -0.4 is 16.4 Å². The average Bonchev–Trinajstić information content (AvgIpc) is 2.89. The molecule has 1 aromatic carbocycles. The first kappa shape index (κ1) is 18.9. The highest BCUT2D eigenvalue weighted by Crippen LogP contribution is 2.41. The maximum absolute atomic E-state index is 11.8. The first-order chi connectivity index (χ1) is 12.0. The first-order valence-electron chi connectivity index (χ1n) is 8.16. The van der Waals surface area contributed by atoms with Crippen molar-refractivity contribution < 1.29 is 19.1 Å². The topological polar surface area (TPSA) is 114 Å². The van der Waals surface area contributed by atoms with Gasteiger partial charge in [-0.1, -0.05) is 24.3 Å². The summed E-state index contributed by atoms with van der Waals surface area (Å²) in [6.07, 6.45) is 0.492. The molecule has 1 aromatic rings. The minimum absolute atomic E-state index is 0.0749. The van der Waals surface area contributed by atoms with Crippen LogP contribution in [0.15, 0.2) is 24.3 Å². The van der Waals surface area contributed by atoms with Gasteiger partial charge in [-0.25, -0.2) is 0 Å². The van der Waals surface area contributed by atoms with E-state index in [9.17, 15) is 14.4 Å². The number of carbonyl (C=O) groups excluding carboxylic acids is 3. The number of primary amides is 1. The van der Waals surface area contributed by atoms with E-state index in [1.807, 2.05) is 19.1 Å². The van der Waals surface area contributed by atoms with E-state index in [1.165, 1.54) is 4.90 Å². The van der Waals surface area contributed by atoms with E-state index in [0.29, 0.717) is 25.0 Å². The number of carbonyl (C=O) groups is 3. The summed E-state index contributed by atoms with van der Waals surface area (Å²) in [5, 5.41) is 5.62. The summed E-state index contributed by atoms with van der Waals surface area (Å²) in [7, 11) is 1.70. The summed E-state index contributed by atoms with van der Waals surface area (Å²) >= 11 is 0. The normalized spacial score (nSPS) is 20.0. The lowest BCUT2D eigenvalue weighted by Gasteiger charge is -2.25. The van der Waals surface area contributed by atoms with Crippen molar-refractivity contribution >= 4 is 18.2 Å². The van der Waals surface area contributed by atoms with Crippen LogP contribution in [0.3, 0.4) is 0 Å². The number of likely N-dealkylation sites (N-methyl/N-ethyl adjacent to an activating group) is 1.